The average Bonchev–Trinajstić information content (AvgIpc) is 2.78. The Bertz CT molecular complexity index is 571. The Kier molecular flexibility index (Phi) is 7.99. The number of fused-ring (bicyclic) bond motifs is 1. The molecule has 1 aliphatic heterocycles. The van der Waals surface area contributed by atoms with Crippen molar-refractivity contribution in [1.29, 1.82) is 0 Å². The number of amides is 1. The van der Waals surface area contributed by atoms with Crippen LogP contribution in [0.3, 0.4) is 0 Å². The van der Waals surface area contributed by atoms with Crippen LogP contribution in [0.15, 0.2) is 22.7 Å². The van der Waals surface area contributed by atoms with Gasteiger partial charge in [0.25, 0.3) is 0 Å². The number of carbonyl (C=O) groups is 1. The number of nitrogens with zero attached hydrogens (tertiary/aromatic N) is 1. The van der Waals surface area contributed by atoms with Crippen LogP contribution in [-0.4, -0.2) is 13.0 Å². The molecule has 0 fully saturated rings. The van der Waals surface area contributed by atoms with Crippen LogP contribution in [0.2, 0.25) is 0 Å². The van der Waals surface area contributed by atoms with Gasteiger partial charge in [0.1, 0.15) is 0 Å². The zero-order valence-corrected chi connectivity index (χ0v) is 17.8. The SMILES string of the molecule is CCCCCCCCCCCCC1(C)C(=O)N(C)c2ccc(Br)cc21. The molecule has 1 amide bonds. The lowest BCUT2D eigenvalue weighted by molar-refractivity contribution is -0.122. The van der Waals surface area contributed by atoms with Gasteiger partial charge >= 0.3 is 0 Å². The third-order valence-corrected chi connectivity index (χ3v) is 6.21. The van der Waals surface area contributed by atoms with Gasteiger partial charge in [-0.05, 0) is 37.1 Å². The number of hydrogen-bond acceptors (Lipinski definition) is 1. The summed E-state index contributed by atoms with van der Waals surface area (Å²) in [5.74, 6) is 0.247. The number of anilines is 1. The summed E-state index contributed by atoms with van der Waals surface area (Å²) in [6, 6.07) is 6.21. The second-order valence-electron chi connectivity index (χ2n) is 7.79. The van der Waals surface area contributed by atoms with Crippen LogP contribution in [0.25, 0.3) is 0 Å². The number of likely N-dealkylation sites (N-methyl/N-ethyl adjacent to an activating group) is 1. The van der Waals surface area contributed by atoms with Crippen molar-refractivity contribution in [2.45, 2.75) is 89.9 Å². The van der Waals surface area contributed by atoms with E-state index in [9.17, 15) is 4.79 Å². The van der Waals surface area contributed by atoms with E-state index in [2.05, 4.69) is 41.9 Å². The lowest BCUT2D eigenvalue weighted by Crippen LogP contribution is -2.36. The minimum absolute atomic E-state index is 0.247. The second kappa shape index (κ2) is 9.75. The van der Waals surface area contributed by atoms with Gasteiger partial charge in [0.2, 0.25) is 5.91 Å². The molecule has 0 aliphatic carbocycles. The Morgan fingerprint density at radius 2 is 1.52 bits per heavy atom. The largest absolute Gasteiger partial charge is 0.314 e. The highest BCUT2D eigenvalue weighted by molar-refractivity contribution is 9.10. The highest BCUT2D eigenvalue weighted by atomic mass is 79.9. The maximum atomic E-state index is 12.8. The normalized spacial score (nSPS) is 19.5. The van der Waals surface area contributed by atoms with Gasteiger partial charge in [0.15, 0.2) is 0 Å². The lowest BCUT2D eigenvalue weighted by atomic mass is 9.79. The molecule has 1 atom stereocenters. The summed E-state index contributed by atoms with van der Waals surface area (Å²) >= 11 is 3.56. The molecule has 0 radical (unpaired) electrons. The third-order valence-electron chi connectivity index (χ3n) is 5.72. The minimum atomic E-state index is -0.353. The Morgan fingerprint density at radius 3 is 2.12 bits per heavy atom. The fourth-order valence-electron chi connectivity index (χ4n) is 4.05. The fourth-order valence-corrected chi connectivity index (χ4v) is 4.41. The Morgan fingerprint density at radius 1 is 0.960 bits per heavy atom. The molecular formula is C22H34BrNO. The maximum absolute atomic E-state index is 12.8. The van der Waals surface area contributed by atoms with E-state index in [4.69, 9.17) is 0 Å². The van der Waals surface area contributed by atoms with Crippen molar-refractivity contribution in [3.8, 4) is 0 Å². The van der Waals surface area contributed by atoms with Gasteiger partial charge < -0.3 is 4.90 Å². The monoisotopic (exact) mass is 407 g/mol. The molecule has 140 valence electrons. The van der Waals surface area contributed by atoms with Crippen LogP contribution in [-0.2, 0) is 10.2 Å². The van der Waals surface area contributed by atoms with E-state index in [-0.39, 0.29) is 11.3 Å². The summed E-state index contributed by atoms with van der Waals surface area (Å²) in [4.78, 5) is 14.6. The average molecular weight is 408 g/mol. The highest BCUT2D eigenvalue weighted by Gasteiger charge is 2.45. The molecule has 0 spiro atoms. The topological polar surface area (TPSA) is 20.3 Å². The molecule has 0 aromatic heterocycles. The first kappa shape index (κ1) is 20.5. The summed E-state index contributed by atoms with van der Waals surface area (Å²) in [5, 5.41) is 0. The van der Waals surface area contributed by atoms with E-state index in [1.54, 1.807) is 0 Å². The molecule has 1 aliphatic rings. The van der Waals surface area contributed by atoms with Gasteiger partial charge in [-0.2, -0.15) is 0 Å². The summed E-state index contributed by atoms with van der Waals surface area (Å²) < 4.78 is 1.06. The van der Waals surface area contributed by atoms with Crippen LogP contribution in [0.5, 0.6) is 0 Å². The molecule has 1 unspecified atom stereocenters. The maximum Gasteiger partial charge on any atom is 0.237 e. The molecule has 0 saturated heterocycles. The molecule has 3 heteroatoms. The third kappa shape index (κ3) is 5.09. The first-order valence-corrected chi connectivity index (χ1v) is 10.9. The zero-order valence-electron chi connectivity index (χ0n) is 16.2. The lowest BCUT2D eigenvalue weighted by Gasteiger charge is -2.23. The molecule has 0 N–H and O–H groups in total. The van der Waals surface area contributed by atoms with Crippen molar-refractivity contribution in [3.05, 3.63) is 28.2 Å². The van der Waals surface area contributed by atoms with Crippen LogP contribution < -0.4 is 4.90 Å². The number of hydrogen-bond donors (Lipinski definition) is 0. The molecule has 2 rings (SSSR count). The van der Waals surface area contributed by atoms with Crippen molar-refractivity contribution >= 4 is 27.5 Å². The van der Waals surface area contributed by atoms with Crippen LogP contribution in [0, 0.1) is 0 Å². The Balaban J connectivity index is 1.74. The van der Waals surface area contributed by atoms with Crippen molar-refractivity contribution < 1.29 is 4.79 Å². The van der Waals surface area contributed by atoms with Gasteiger partial charge in [0.05, 0.1) is 5.41 Å². The van der Waals surface area contributed by atoms with E-state index in [0.29, 0.717) is 0 Å². The smallest absolute Gasteiger partial charge is 0.237 e. The minimum Gasteiger partial charge on any atom is -0.314 e. The number of rotatable bonds is 11. The number of carbonyl (C=O) groups excluding carboxylic acids is 1. The van der Waals surface area contributed by atoms with E-state index >= 15 is 0 Å². The molecule has 25 heavy (non-hydrogen) atoms. The van der Waals surface area contributed by atoms with Gasteiger partial charge in [-0.3, -0.25) is 4.79 Å². The highest BCUT2D eigenvalue weighted by Crippen LogP contribution is 2.45. The van der Waals surface area contributed by atoms with Crippen molar-refractivity contribution in [3.63, 3.8) is 0 Å². The number of unbranched alkanes of at least 4 members (excludes halogenated alkanes) is 9. The first-order valence-electron chi connectivity index (χ1n) is 10.1. The molecule has 1 aromatic carbocycles. The molecule has 0 saturated carbocycles. The molecule has 1 heterocycles. The number of halogens is 1. The van der Waals surface area contributed by atoms with Crippen LogP contribution >= 0.6 is 15.9 Å². The Hall–Kier alpha value is -0.830. The van der Waals surface area contributed by atoms with Gasteiger partial charge in [-0.1, -0.05) is 87.1 Å². The molecule has 1 aromatic rings. The van der Waals surface area contributed by atoms with Crippen molar-refractivity contribution in [1.82, 2.24) is 0 Å². The summed E-state index contributed by atoms with van der Waals surface area (Å²) in [6.45, 7) is 4.39. The second-order valence-corrected chi connectivity index (χ2v) is 8.71. The van der Waals surface area contributed by atoms with E-state index in [0.717, 1.165) is 23.0 Å². The van der Waals surface area contributed by atoms with Crippen molar-refractivity contribution in [2.75, 3.05) is 11.9 Å². The predicted octanol–water partition coefficient (Wildman–Crippen LogP) is 6.99. The van der Waals surface area contributed by atoms with Gasteiger partial charge in [-0.15, -0.1) is 0 Å². The van der Waals surface area contributed by atoms with Gasteiger partial charge in [0, 0.05) is 17.2 Å². The Labute approximate surface area is 162 Å². The van der Waals surface area contributed by atoms with Gasteiger partial charge in [-0.25, -0.2) is 0 Å². The zero-order chi connectivity index (χ0) is 18.3. The number of benzene rings is 1. The van der Waals surface area contributed by atoms with E-state index in [1.807, 2.05) is 18.0 Å². The molecule has 0 bridgehead atoms. The summed E-state index contributed by atoms with van der Waals surface area (Å²) in [7, 11) is 1.90. The molecular weight excluding hydrogens is 374 g/mol. The van der Waals surface area contributed by atoms with Crippen LogP contribution in [0.4, 0.5) is 5.69 Å². The van der Waals surface area contributed by atoms with Crippen molar-refractivity contribution in [2.24, 2.45) is 0 Å². The summed E-state index contributed by atoms with van der Waals surface area (Å²) in [5.41, 5.74) is 1.90. The standard InChI is InChI=1S/C22H34BrNO/c1-4-5-6-7-8-9-10-11-12-13-16-22(2)19-17-18(23)14-15-20(19)24(3)21(22)25/h14-15,17H,4-13,16H2,1-3H3. The fraction of sp³-hybridized carbons (Fsp3) is 0.682. The van der Waals surface area contributed by atoms with E-state index < -0.39 is 0 Å². The predicted molar refractivity (Wildman–Crippen MR) is 111 cm³/mol. The quantitative estimate of drug-likeness (QED) is 0.361. The van der Waals surface area contributed by atoms with Crippen LogP contribution in [0.1, 0.15) is 90.0 Å². The van der Waals surface area contributed by atoms with E-state index in [1.165, 1.54) is 63.4 Å². The summed E-state index contributed by atoms with van der Waals surface area (Å²) in [6.07, 6.45) is 14.3. The first-order chi connectivity index (χ1) is 12.0. The molecule has 2 nitrogen and oxygen atoms in total.